The average molecular weight is 306 g/mol. The number of aliphatic hydroxyl groups is 1. The van der Waals surface area contributed by atoms with Crippen LogP contribution in [0.2, 0.25) is 5.02 Å². The van der Waals surface area contributed by atoms with E-state index in [1.807, 2.05) is 0 Å². The summed E-state index contributed by atoms with van der Waals surface area (Å²) in [5, 5.41) is 9.24. The Morgan fingerprint density at radius 1 is 1.37 bits per heavy atom. The molecule has 1 aromatic carbocycles. The highest BCUT2D eigenvalue weighted by atomic mass is 35.5. The van der Waals surface area contributed by atoms with Crippen LogP contribution in [0.1, 0.15) is 32.3 Å². The van der Waals surface area contributed by atoms with Crippen LogP contribution in [-0.4, -0.2) is 20.1 Å². The van der Waals surface area contributed by atoms with Crippen molar-refractivity contribution in [2.75, 3.05) is 6.54 Å². The van der Waals surface area contributed by atoms with Crippen molar-refractivity contribution in [2.45, 2.75) is 38.2 Å². The Labute approximate surface area is 119 Å². The highest BCUT2D eigenvalue weighted by Crippen LogP contribution is 2.20. The molecule has 0 bridgehead atoms. The van der Waals surface area contributed by atoms with Crippen LogP contribution in [-0.2, 0) is 16.6 Å². The molecule has 2 N–H and O–H groups in total. The number of hydrogen-bond donors (Lipinski definition) is 2. The van der Waals surface area contributed by atoms with E-state index in [4.69, 9.17) is 16.7 Å². The Balaban J connectivity index is 2.69. The van der Waals surface area contributed by atoms with Gasteiger partial charge in [-0.05, 0) is 36.5 Å². The average Bonchev–Trinajstić information content (AvgIpc) is 2.34. The Kier molecular flexibility index (Phi) is 6.26. The molecule has 108 valence electrons. The number of hydrogen-bond acceptors (Lipinski definition) is 3. The number of halogens is 1. The normalized spacial score (nSPS) is 12.1. The van der Waals surface area contributed by atoms with Crippen molar-refractivity contribution in [3.8, 4) is 0 Å². The van der Waals surface area contributed by atoms with E-state index in [9.17, 15) is 8.42 Å². The van der Waals surface area contributed by atoms with E-state index < -0.39 is 10.0 Å². The smallest absolute Gasteiger partial charge is 0.240 e. The quantitative estimate of drug-likeness (QED) is 0.761. The molecule has 19 heavy (non-hydrogen) atoms. The summed E-state index contributed by atoms with van der Waals surface area (Å²) >= 11 is 5.89. The third kappa shape index (κ3) is 5.10. The zero-order valence-corrected chi connectivity index (χ0v) is 12.8. The minimum Gasteiger partial charge on any atom is -0.392 e. The minimum absolute atomic E-state index is 0.124. The highest BCUT2D eigenvalue weighted by molar-refractivity contribution is 7.89. The molecule has 1 aromatic rings. The molecule has 0 aliphatic rings. The van der Waals surface area contributed by atoms with Gasteiger partial charge in [0.05, 0.1) is 11.5 Å². The lowest BCUT2D eigenvalue weighted by molar-refractivity contribution is 0.282. The van der Waals surface area contributed by atoms with E-state index in [0.29, 0.717) is 18.0 Å². The molecule has 0 spiro atoms. The van der Waals surface area contributed by atoms with Gasteiger partial charge in [0.25, 0.3) is 0 Å². The summed E-state index contributed by atoms with van der Waals surface area (Å²) in [6.45, 7) is 4.41. The van der Waals surface area contributed by atoms with Crippen LogP contribution in [0.3, 0.4) is 0 Å². The molecule has 0 saturated carbocycles. The fourth-order valence-electron chi connectivity index (χ4n) is 1.62. The molecule has 0 atom stereocenters. The van der Waals surface area contributed by atoms with Gasteiger partial charge < -0.3 is 5.11 Å². The van der Waals surface area contributed by atoms with Crippen molar-refractivity contribution >= 4 is 21.6 Å². The summed E-state index contributed by atoms with van der Waals surface area (Å²) in [7, 11) is -3.52. The third-order valence-corrected chi connectivity index (χ3v) is 4.57. The van der Waals surface area contributed by atoms with Gasteiger partial charge in [0, 0.05) is 11.6 Å². The summed E-state index contributed by atoms with van der Waals surface area (Å²) in [5.74, 6) is 0.558. The van der Waals surface area contributed by atoms with Gasteiger partial charge in [-0.25, -0.2) is 13.1 Å². The first kappa shape index (κ1) is 16.4. The van der Waals surface area contributed by atoms with Crippen LogP contribution in [0.25, 0.3) is 0 Å². The zero-order chi connectivity index (χ0) is 14.5. The Morgan fingerprint density at radius 3 is 2.58 bits per heavy atom. The Hall–Kier alpha value is -0.620. The van der Waals surface area contributed by atoms with Gasteiger partial charge in [-0.15, -0.1) is 0 Å². The standard InChI is InChI=1S/C13H20ClNO3S/c1-10(2)4-3-7-15-19(17,18)12-6-5-11(9-16)13(14)8-12/h5-6,8,10,15-16H,3-4,7,9H2,1-2H3. The monoisotopic (exact) mass is 305 g/mol. The van der Waals surface area contributed by atoms with E-state index in [0.717, 1.165) is 12.8 Å². The van der Waals surface area contributed by atoms with Crippen LogP contribution >= 0.6 is 11.6 Å². The van der Waals surface area contributed by atoms with Gasteiger partial charge in [0.1, 0.15) is 0 Å². The van der Waals surface area contributed by atoms with Gasteiger partial charge in [-0.1, -0.05) is 31.5 Å². The fourth-order valence-corrected chi connectivity index (χ4v) is 3.03. The second-order valence-corrected chi connectivity index (χ2v) is 7.02. The van der Waals surface area contributed by atoms with E-state index in [1.54, 1.807) is 0 Å². The molecular weight excluding hydrogens is 286 g/mol. The topological polar surface area (TPSA) is 66.4 Å². The Morgan fingerprint density at radius 2 is 2.05 bits per heavy atom. The van der Waals surface area contributed by atoms with Gasteiger partial charge in [0.15, 0.2) is 0 Å². The van der Waals surface area contributed by atoms with Gasteiger partial charge in [-0.2, -0.15) is 0 Å². The predicted molar refractivity (Wildman–Crippen MR) is 76.6 cm³/mol. The summed E-state index contributed by atoms with van der Waals surface area (Å²) in [5.41, 5.74) is 0.514. The predicted octanol–water partition coefficient (Wildman–Crippen LogP) is 2.55. The van der Waals surface area contributed by atoms with Crippen LogP contribution in [0.5, 0.6) is 0 Å². The maximum atomic E-state index is 12.0. The first-order valence-electron chi connectivity index (χ1n) is 6.25. The Bertz CT molecular complexity index is 515. The lowest BCUT2D eigenvalue weighted by Crippen LogP contribution is -2.25. The van der Waals surface area contributed by atoms with Crippen LogP contribution < -0.4 is 4.72 Å². The summed E-state index contributed by atoms with van der Waals surface area (Å²) < 4.78 is 26.5. The lowest BCUT2D eigenvalue weighted by Gasteiger charge is -2.09. The SMILES string of the molecule is CC(C)CCCNS(=O)(=O)c1ccc(CO)c(Cl)c1. The van der Waals surface area contributed by atoms with Gasteiger partial charge >= 0.3 is 0 Å². The second-order valence-electron chi connectivity index (χ2n) is 4.85. The molecule has 0 radical (unpaired) electrons. The minimum atomic E-state index is -3.52. The zero-order valence-electron chi connectivity index (χ0n) is 11.2. The number of benzene rings is 1. The third-order valence-electron chi connectivity index (χ3n) is 2.76. The number of sulfonamides is 1. The molecular formula is C13H20ClNO3S. The fraction of sp³-hybridized carbons (Fsp3) is 0.538. The molecule has 0 amide bonds. The molecule has 0 saturated heterocycles. The summed E-state index contributed by atoms with van der Waals surface area (Å²) in [6.07, 6.45) is 1.78. The highest BCUT2D eigenvalue weighted by Gasteiger charge is 2.14. The maximum absolute atomic E-state index is 12.0. The van der Waals surface area contributed by atoms with Crippen molar-refractivity contribution in [1.29, 1.82) is 0 Å². The molecule has 0 aromatic heterocycles. The van der Waals surface area contributed by atoms with Crippen LogP contribution in [0.4, 0.5) is 0 Å². The largest absolute Gasteiger partial charge is 0.392 e. The van der Waals surface area contributed by atoms with Crippen molar-refractivity contribution in [1.82, 2.24) is 4.72 Å². The molecule has 4 nitrogen and oxygen atoms in total. The molecule has 0 unspecified atom stereocenters. The molecule has 6 heteroatoms. The first-order valence-corrected chi connectivity index (χ1v) is 8.12. The number of aliphatic hydroxyl groups excluding tert-OH is 1. The van der Waals surface area contributed by atoms with Crippen molar-refractivity contribution in [2.24, 2.45) is 5.92 Å². The maximum Gasteiger partial charge on any atom is 0.240 e. The van der Waals surface area contributed by atoms with E-state index in [-0.39, 0.29) is 16.5 Å². The van der Waals surface area contributed by atoms with E-state index >= 15 is 0 Å². The molecule has 0 aliphatic heterocycles. The summed E-state index contributed by atoms with van der Waals surface area (Å²) in [4.78, 5) is 0.124. The molecule has 1 rings (SSSR count). The van der Waals surface area contributed by atoms with Crippen molar-refractivity contribution in [3.05, 3.63) is 28.8 Å². The van der Waals surface area contributed by atoms with E-state index in [1.165, 1.54) is 18.2 Å². The van der Waals surface area contributed by atoms with E-state index in [2.05, 4.69) is 18.6 Å². The molecule has 0 heterocycles. The summed E-state index contributed by atoms with van der Waals surface area (Å²) in [6, 6.07) is 4.32. The second kappa shape index (κ2) is 7.24. The number of nitrogens with one attached hydrogen (secondary N) is 1. The van der Waals surface area contributed by atoms with Gasteiger partial charge in [0.2, 0.25) is 10.0 Å². The van der Waals surface area contributed by atoms with Crippen molar-refractivity contribution < 1.29 is 13.5 Å². The first-order chi connectivity index (χ1) is 8.86. The van der Waals surface area contributed by atoms with Crippen molar-refractivity contribution in [3.63, 3.8) is 0 Å². The molecule has 0 fully saturated rings. The van der Waals surface area contributed by atoms with Crippen LogP contribution in [0.15, 0.2) is 23.1 Å². The lowest BCUT2D eigenvalue weighted by atomic mass is 10.1. The number of rotatable bonds is 7. The molecule has 0 aliphatic carbocycles. The van der Waals surface area contributed by atoms with Gasteiger partial charge in [-0.3, -0.25) is 0 Å². The van der Waals surface area contributed by atoms with Crippen LogP contribution in [0, 0.1) is 5.92 Å².